The number of nitrogens with two attached hydrogens (primary N) is 1. The second-order valence-electron chi connectivity index (χ2n) is 3.76. The van der Waals surface area contributed by atoms with E-state index in [2.05, 4.69) is 0 Å². The van der Waals surface area contributed by atoms with E-state index in [1.54, 1.807) is 6.07 Å². The first kappa shape index (κ1) is 13.0. The number of likely N-dealkylation sites (N-methyl/N-ethyl adjacent to an activating group) is 1. The van der Waals surface area contributed by atoms with Crippen molar-refractivity contribution in [1.29, 1.82) is 0 Å². The van der Waals surface area contributed by atoms with Crippen LogP contribution in [0.2, 0.25) is 0 Å². The molecule has 0 saturated carbocycles. The van der Waals surface area contributed by atoms with E-state index in [-0.39, 0.29) is 6.61 Å². The molecule has 1 atom stereocenters. The van der Waals surface area contributed by atoms with Crippen molar-refractivity contribution in [2.24, 2.45) is 0 Å². The van der Waals surface area contributed by atoms with E-state index < -0.39 is 6.10 Å². The minimum absolute atomic E-state index is 0.102. The summed E-state index contributed by atoms with van der Waals surface area (Å²) in [6.45, 7) is 3.96. The summed E-state index contributed by atoms with van der Waals surface area (Å²) in [6, 6.07) is 7.31. The van der Waals surface area contributed by atoms with Crippen molar-refractivity contribution in [3.05, 3.63) is 29.8 Å². The van der Waals surface area contributed by atoms with E-state index in [9.17, 15) is 5.11 Å². The lowest BCUT2D eigenvalue weighted by Gasteiger charge is -2.23. The first-order valence-corrected chi connectivity index (χ1v) is 5.54. The molecule has 0 saturated heterocycles. The Morgan fingerprint density at radius 1 is 1.38 bits per heavy atom. The van der Waals surface area contributed by atoms with Crippen LogP contribution < -0.4 is 5.73 Å². The molecule has 1 aromatic carbocycles. The zero-order valence-electron chi connectivity index (χ0n) is 9.63. The van der Waals surface area contributed by atoms with E-state index in [0.29, 0.717) is 18.8 Å². The summed E-state index contributed by atoms with van der Waals surface area (Å²) in [4.78, 5) is 1.98. The Hall–Kier alpha value is -1.10. The van der Waals surface area contributed by atoms with Gasteiger partial charge in [-0.05, 0) is 12.6 Å². The van der Waals surface area contributed by atoms with Gasteiger partial charge in [-0.1, -0.05) is 25.1 Å². The van der Waals surface area contributed by atoms with Gasteiger partial charge in [-0.3, -0.25) is 4.90 Å². The number of hydrogen-bond acceptors (Lipinski definition) is 4. The van der Waals surface area contributed by atoms with Crippen LogP contribution in [0, 0.1) is 0 Å². The highest BCUT2D eigenvalue weighted by Crippen LogP contribution is 2.20. The average molecular weight is 224 g/mol. The molecule has 0 amide bonds. The normalized spacial score (nSPS) is 13.0. The van der Waals surface area contributed by atoms with Crippen molar-refractivity contribution in [2.45, 2.75) is 13.0 Å². The van der Waals surface area contributed by atoms with Crippen molar-refractivity contribution in [3.63, 3.8) is 0 Å². The Morgan fingerprint density at radius 3 is 2.62 bits per heavy atom. The van der Waals surface area contributed by atoms with Gasteiger partial charge >= 0.3 is 0 Å². The van der Waals surface area contributed by atoms with Gasteiger partial charge in [0.25, 0.3) is 0 Å². The monoisotopic (exact) mass is 224 g/mol. The molecule has 16 heavy (non-hydrogen) atoms. The van der Waals surface area contributed by atoms with E-state index in [0.717, 1.165) is 12.1 Å². The third-order valence-electron chi connectivity index (χ3n) is 2.65. The minimum atomic E-state index is -0.604. The summed E-state index contributed by atoms with van der Waals surface area (Å²) >= 11 is 0. The number of nitrogens with zero attached hydrogens (tertiary/aromatic N) is 1. The fourth-order valence-electron chi connectivity index (χ4n) is 1.68. The Labute approximate surface area is 96.3 Å². The lowest BCUT2D eigenvalue weighted by atomic mass is 10.1. The van der Waals surface area contributed by atoms with Crippen LogP contribution in [0.5, 0.6) is 0 Å². The maximum Gasteiger partial charge on any atom is 0.0936 e. The lowest BCUT2D eigenvalue weighted by molar-refractivity contribution is 0.104. The Morgan fingerprint density at radius 2 is 2.06 bits per heavy atom. The van der Waals surface area contributed by atoms with E-state index >= 15 is 0 Å². The summed E-state index contributed by atoms with van der Waals surface area (Å²) in [7, 11) is 0. The Bertz CT molecular complexity index is 318. The molecule has 0 aliphatic rings. The van der Waals surface area contributed by atoms with Gasteiger partial charge < -0.3 is 15.9 Å². The quantitative estimate of drug-likeness (QED) is 0.619. The molecule has 1 aromatic rings. The van der Waals surface area contributed by atoms with Gasteiger partial charge in [0.05, 0.1) is 12.7 Å². The molecule has 0 bridgehead atoms. The maximum absolute atomic E-state index is 10.0. The molecule has 4 nitrogen and oxygen atoms in total. The number of aliphatic hydroxyl groups is 2. The molecule has 0 aliphatic carbocycles. The van der Waals surface area contributed by atoms with Gasteiger partial charge in [0.15, 0.2) is 0 Å². The summed E-state index contributed by atoms with van der Waals surface area (Å²) < 4.78 is 0. The highest BCUT2D eigenvalue weighted by molar-refractivity contribution is 5.47. The Kier molecular flexibility index (Phi) is 5.25. The van der Waals surface area contributed by atoms with Crippen molar-refractivity contribution >= 4 is 5.69 Å². The van der Waals surface area contributed by atoms with E-state index in [4.69, 9.17) is 10.8 Å². The molecule has 1 unspecified atom stereocenters. The number of nitrogen functional groups attached to an aromatic ring is 1. The molecule has 0 heterocycles. The van der Waals surface area contributed by atoms with Crippen molar-refractivity contribution in [1.82, 2.24) is 4.90 Å². The van der Waals surface area contributed by atoms with Gasteiger partial charge in [0, 0.05) is 24.3 Å². The summed E-state index contributed by atoms with van der Waals surface area (Å²) in [5.41, 5.74) is 7.14. The molecule has 0 aliphatic heterocycles. The van der Waals surface area contributed by atoms with Gasteiger partial charge in [0.2, 0.25) is 0 Å². The summed E-state index contributed by atoms with van der Waals surface area (Å²) in [6.07, 6.45) is -0.604. The molecule has 1 rings (SSSR count). The zero-order chi connectivity index (χ0) is 12.0. The third kappa shape index (κ3) is 3.48. The summed E-state index contributed by atoms with van der Waals surface area (Å²) in [5.74, 6) is 0. The SMILES string of the molecule is CCN(CCO)CC(O)c1ccccc1N. The van der Waals surface area contributed by atoms with Gasteiger partial charge in [-0.15, -0.1) is 0 Å². The highest BCUT2D eigenvalue weighted by Gasteiger charge is 2.13. The molecule has 0 aromatic heterocycles. The van der Waals surface area contributed by atoms with E-state index in [1.807, 2.05) is 30.0 Å². The van der Waals surface area contributed by atoms with Crippen LogP contribution in [-0.2, 0) is 0 Å². The number of rotatable bonds is 6. The van der Waals surface area contributed by atoms with Crippen molar-refractivity contribution < 1.29 is 10.2 Å². The lowest BCUT2D eigenvalue weighted by Crippen LogP contribution is -2.31. The van der Waals surface area contributed by atoms with Gasteiger partial charge in [-0.25, -0.2) is 0 Å². The number of para-hydroxylation sites is 1. The second-order valence-corrected chi connectivity index (χ2v) is 3.76. The van der Waals surface area contributed by atoms with Crippen LogP contribution in [0.3, 0.4) is 0 Å². The number of hydrogen-bond donors (Lipinski definition) is 3. The number of anilines is 1. The molecule has 0 fully saturated rings. The van der Waals surface area contributed by atoms with Crippen LogP contribution in [0.4, 0.5) is 5.69 Å². The van der Waals surface area contributed by atoms with E-state index in [1.165, 1.54) is 0 Å². The molecular formula is C12H20N2O2. The predicted molar refractivity (Wildman–Crippen MR) is 65.0 cm³/mol. The van der Waals surface area contributed by atoms with Gasteiger partial charge in [-0.2, -0.15) is 0 Å². The second kappa shape index (κ2) is 6.48. The first-order chi connectivity index (χ1) is 7.69. The van der Waals surface area contributed by atoms with Crippen LogP contribution in [0.25, 0.3) is 0 Å². The van der Waals surface area contributed by atoms with Crippen LogP contribution in [0.15, 0.2) is 24.3 Å². The molecule has 4 N–H and O–H groups in total. The largest absolute Gasteiger partial charge is 0.398 e. The average Bonchev–Trinajstić information content (AvgIpc) is 2.28. The molecular weight excluding hydrogens is 204 g/mol. The smallest absolute Gasteiger partial charge is 0.0936 e. The van der Waals surface area contributed by atoms with Crippen molar-refractivity contribution in [3.8, 4) is 0 Å². The third-order valence-corrected chi connectivity index (χ3v) is 2.65. The van der Waals surface area contributed by atoms with Crippen molar-refractivity contribution in [2.75, 3.05) is 32.0 Å². The van der Waals surface area contributed by atoms with Gasteiger partial charge in [0.1, 0.15) is 0 Å². The number of benzene rings is 1. The fourth-order valence-corrected chi connectivity index (χ4v) is 1.68. The molecule has 4 heteroatoms. The highest BCUT2D eigenvalue weighted by atomic mass is 16.3. The van der Waals surface area contributed by atoms with Crippen LogP contribution in [-0.4, -0.2) is 41.4 Å². The van der Waals surface area contributed by atoms with Crippen LogP contribution in [0.1, 0.15) is 18.6 Å². The molecule has 0 spiro atoms. The summed E-state index contributed by atoms with van der Waals surface area (Å²) in [5, 5.41) is 18.9. The maximum atomic E-state index is 10.0. The molecule has 90 valence electrons. The standard InChI is InChI=1S/C12H20N2O2/c1-2-14(7-8-15)9-12(16)10-5-3-4-6-11(10)13/h3-6,12,15-16H,2,7-9,13H2,1H3. The first-order valence-electron chi connectivity index (χ1n) is 5.54. The predicted octanol–water partition coefficient (Wildman–Crippen LogP) is 0.616. The Balaban J connectivity index is 2.64. The number of aliphatic hydroxyl groups excluding tert-OH is 2. The fraction of sp³-hybridized carbons (Fsp3) is 0.500. The van der Waals surface area contributed by atoms with Crippen LogP contribution >= 0.6 is 0 Å². The molecule has 0 radical (unpaired) electrons. The minimum Gasteiger partial charge on any atom is -0.398 e. The zero-order valence-corrected chi connectivity index (χ0v) is 9.63. The topological polar surface area (TPSA) is 69.7 Å².